The van der Waals surface area contributed by atoms with Crippen LogP contribution in [0.25, 0.3) is 11.1 Å². The standard InChI is InChI=1S/C18H18FN.C11H12FN/c19-18-8-6-16(7-9-18)17-10-12-20(13-11-17)14-15-4-2-1-3-5-15;12-11-3-1-9(2-4-11)10-5-7-13-8-6-10/h1-10H,11-14H2;1-5,13H,6-8H2. The van der Waals surface area contributed by atoms with Crippen LogP contribution in [0.2, 0.25) is 0 Å². The lowest BCUT2D eigenvalue weighted by Gasteiger charge is -2.26. The highest BCUT2D eigenvalue weighted by molar-refractivity contribution is 5.67. The number of hydrogen-bond donors (Lipinski definition) is 1. The zero-order chi connectivity index (χ0) is 22.9. The van der Waals surface area contributed by atoms with Crippen LogP contribution >= 0.6 is 0 Å². The minimum atomic E-state index is -0.170. The van der Waals surface area contributed by atoms with Gasteiger partial charge in [0.05, 0.1) is 0 Å². The van der Waals surface area contributed by atoms with Gasteiger partial charge in [0.25, 0.3) is 0 Å². The first-order valence-electron chi connectivity index (χ1n) is 11.5. The molecule has 0 atom stereocenters. The van der Waals surface area contributed by atoms with E-state index in [-0.39, 0.29) is 11.6 Å². The van der Waals surface area contributed by atoms with E-state index < -0.39 is 0 Å². The third-order valence-electron chi connectivity index (χ3n) is 6.04. The summed E-state index contributed by atoms with van der Waals surface area (Å²) in [5.74, 6) is -0.339. The molecule has 0 amide bonds. The summed E-state index contributed by atoms with van der Waals surface area (Å²) in [4.78, 5) is 2.43. The van der Waals surface area contributed by atoms with Crippen molar-refractivity contribution in [2.75, 3.05) is 26.2 Å². The SMILES string of the molecule is Fc1ccc(C2=CCN(Cc3ccccc3)CC2)cc1.Fc1ccc(C2=CCNCC2)cc1. The van der Waals surface area contributed by atoms with Gasteiger partial charge in [0.15, 0.2) is 0 Å². The highest BCUT2D eigenvalue weighted by atomic mass is 19.1. The fourth-order valence-electron chi connectivity index (χ4n) is 4.17. The molecule has 33 heavy (non-hydrogen) atoms. The summed E-state index contributed by atoms with van der Waals surface area (Å²) < 4.78 is 25.6. The van der Waals surface area contributed by atoms with E-state index in [0.29, 0.717) is 0 Å². The Hall–Kier alpha value is -3.08. The van der Waals surface area contributed by atoms with E-state index in [0.717, 1.165) is 56.7 Å². The third kappa shape index (κ3) is 6.95. The predicted octanol–water partition coefficient (Wildman–Crippen LogP) is 6.32. The maximum Gasteiger partial charge on any atom is 0.123 e. The van der Waals surface area contributed by atoms with Gasteiger partial charge in [-0.2, -0.15) is 0 Å². The second-order valence-corrected chi connectivity index (χ2v) is 8.40. The minimum Gasteiger partial charge on any atom is -0.313 e. The highest BCUT2D eigenvalue weighted by Crippen LogP contribution is 2.23. The van der Waals surface area contributed by atoms with E-state index in [1.807, 2.05) is 30.3 Å². The smallest absolute Gasteiger partial charge is 0.123 e. The van der Waals surface area contributed by atoms with Crippen molar-refractivity contribution in [1.29, 1.82) is 0 Å². The van der Waals surface area contributed by atoms with Crippen molar-refractivity contribution in [3.8, 4) is 0 Å². The van der Waals surface area contributed by atoms with Gasteiger partial charge >= 0.3 is 0 Å². The molecular formula is C29H30F2N2. The maximum atomic E-state index is 12.9. The Balaban J connectivity index is 0.000000172. The fraction of sp³-hybridized carbons (Fsp3) is 0.241. The zero-order valence-corrected chi connectivity index (χ0v) is 18.8. The molecule has 4 heteroatoms. The number of nitrogens with zero attached hydrogens (tertiary/aromatic N) is 1. The average molecular weight is 445 g/mol. The molecule has 0 fully saturated rings. The van der Waals surface area contributed by atoms with Crippen molar-refractivity contribution < 1.29 is 8.78 Å². The molecule has 0 spiro atoms. The minimum absolute atomic E-state index is 0.168. The molecule has 0 aromatic heterocycles. The first-order chi connectivity index (χ1) is 16.2. The topological polar surface area (TPSA) is 15.3 Å². The summed E-state index contributed by atoms with van der Waals surface area (Å²) in [5, 5.41) is 3.25. The molecular weight excluding hydrogens is 414 g/mol. The Labute approximate surface area is 195 Å². The summed E-state index contributed by atoms with van der Waals surface area (Å²) in [5.41, 5.74) is 6.29. The van der Waals surface area contributed by atoms with Crippen LogP contribution in [0.3, 0.4) is 0 Å². The second-order valence-electron chi connectivity index (χ2n) is 8.40. The van der Waals surface area contributed by atoms with Crippen molar-refractivity contribution >= 4 is 11.1 Å². The van der Waals surface area contributed by atoms with Crippen molar-refractivity contribution in [1.82, 2.24) is 10.2 Å². The number of rotatable bonds is 4. The number of hydrogen-bond acceptors (Lipinski definition) is 2. The predicted molar refractivity (Wildman–Crippen MR) is 133 cm³/mol. The molecule has 0 saturated heterocycles. The van der Waals surface area contributed by atoms with Crippen molar-refractivity contribution in [2.24, 2.45) is 0 Å². The van der Waals surface area contributed by atoms with Gasteiger partial charge in [-0.05, 0) is 71.5 Å². The van der Waals surface area contributed by atoms with Crippen LogP contribution in [0.15, 0.2) is 91.0 Å². The molecule has 3 aromatic rings. The van der Waals surface area contributed by atoms with Crippen LogP contribution in [0, 0.1) is 11.6 Å². The summed E-state index contributed by atoms with van der Waals surface area (Å²) in [6.07, 6.45) is 6.49. The van der Waals surface area contributed by atoms with E-state index >= 15 is 0 Å². The first-order valence-corrected chi connectivity index (χ1v) is 11.5. The second kappa shape index (κ2) is 11.7. The Morgan fingerprint density at radius 1 is 0.697 bits per heavy atom. The lowest BCUT2D eigenvalue weighted by molar-refractivity contribution is 0.294. The van der Waals surface area contributed by atoms with Crippen LogP contribution < -0.4 is 5.32 Å². The van der Waals surface area contributed by atoms with Crippen molar-refractivity contribution in [2.45, 2.75) is 19.4 Å². The van der Waals surface area contributed by atoms with E-state index in [2.05, 4.69) is 46.6 Å². The summed E-state index contributed by atoms with van der Waals surface area (Å²) in [7, 11) is 0. The summed E-state index contributed by atoms with van der Waals surface area (Å²) >= 11 is 0. The van der Waals surface area contributed by atoms with Crippen molar-refractivity contribution in [3.05, 3.63) is 119 Å². The molecule has 0 saturated carbocycles. The lowest BCUT2D eigenvalue weighted by atomic mass is 9.99. The quantitative estimate of drug-likeness (QED) is 0.507. The summed E-state index contributed by atoms with van der Waals surface area (Å²) in [6, 6.07) is 24.1. The Morgan fingerprint density at radius 3 is 1.82 bits per heavy atom. The average Bonchev–Trinajstić information content (AvgIpc) is 2.87. The molecule has 0 unspecified atom stereocenters. The molecule has 5 rings (SSSR count). The van der Waals surface area contributed by atoms with Gasteiger partial charge in [-0.15, -0.1) is 0 Å². The van der Waals surface area contributed by atoms with Gasteiger partial charge in [-0.25, -0.2) is 8.78 Å². The molecule has 2 aliphatic rings. The van der Waals surface area contributed by atoms with Crippen LogP contribution in [0.4, 0.5) is 8.78 Å². The highest BCUT2D eigenvalue weighted by Gasteiger charge is 2.13. The third-order valence-corrected chi connectivity index (χ3v) is 6.04. The Bertz CT molecular complexity index is 1070. The zero-order valence-electron chi connectivity index (χ0n) is 18.8. The van der Waals surface area contributed by atoms with Crippen LogP contribution in [-0.2, 0) is 6.54 Å². The largest absolute Gasteiger partial charge is 0.313 e. The Morgan fingerprint density at radius 2 is 1.30 bits per heavy atom. The van der Waals surface area contributed by atoms with Gasteiger partial charge in [-0.1, -0.05) is 66.7 Å². The monoisotopic (exact) mass is 444 g/mol. The molecule has 2 heterocycles. The molecule has 2 aliphatic heterocycles. The molecule has 170 valence electrons. The van der Waals surface area contributed by atoms with Gasteiger partial charge in [-0.3, -0.25) is 4.90 Å². The molecule has 0 aliphatic carbocycles. The fourth-order valence-corrected chi connectivity index (χ4v) is 4.17. The molecule has 0 bridgehead atoms. The molecule has 2 nitrogen and oxygen atoms in total. The summed E-state index contributed by atoms with van der Waals surface area (Å²) in [6.45, 7) is 4.95. The van der Waals surface area contributed by atoms with Crippen molar-refractivity contribution in [3.63, 3.8) is 0 Å². The lowest BCUT2D eigenvalue weighted by Crippen LogP contribution is -2.27. The maximum absolute atomic E-state index is 12.9. The van der Waals surface area contributed by atoms with E-state index in [4.69, 9.17) is 0 Å². The number of halogens is 2. The van der Waals surface area contributed by atoms with Crippen LogP contribution in [-0.4, -0.2) is 31.1 Å². The van der Waals surface area contributed by atoms with Gasteiger partial charge in [0.2, 0.25) is 0 Å². The van der Waals surface area contributed by atoms with E-state index in [9.17, 15) is 8.78 Å². The Kier molecular flexibility index (Phi) is 8.18. The van der Waals surface area contributed by atoms with E-state index in [1.165, 1.54) is 41.0 Å². The molecule has 1 N–H and O–H groups in total. The molecule has 0 radical (unpaired) electrons. The van der Waals surface area contributed by atoms with Gasteiger partial charge in [0, 0.05) is 26.2 Å². The van der Waals surface area contributed by atoms with Crippen LogP contribution in [0.5, 0.6) is 0 Å². The van der Waals surface area contributed by atoms with E-state index in [1.54, 1.807) is 0 Å². The van der Waals surface area contributed by atoms with Gasteiger partial charge < -0.3 is 5.32 Å². The number of nitrogens with one attached hydrogen (secondary N) is 1. The first kappa shape index (κ1) is 23.1. The normalized spacial score (nSPS) is 16.3. The molecule has 3 aromatic carbocycles. The van der Waals surface area contributed by atoms with Crippen LogP contribution in [0.1, 0.15) is 29.5 Å². The van der Waals surface area contributed by atoms with Gasteiger partial charge in [0.1, 0.15) is 11.6 Å². The number of benzene rings is 3.